The van der Waals surface area contributed by atoms with Crippen LogP contribution in [0, 0.1) is 23.7 Å². The lowest BCUT2D eigenvalue weighted by molar-refractivity contribution is -0.303. The number of cyclic esters (lactones) is 1. The van der Waals surface area contributed by atoms with Gasteiger partial charge >= 0.3 is 5.97 Å². The molecular formula is C49H83NO14Si. The highest BCUT2D eigenvalue weighted by atomic mass is 28.4. The summed E-state index contributed by atoms with van der Waals surface area (Å²) >= 11 is 0. The molecule has 4 heterocycles. The maximum Gasteiger partial charge on any atom is 0.308 e. The number of likely N-dealkylation sites (N-methyl/N-ethyl adjacent to an activating group) is 1. The molecular weight excluding hydrogens is 855 g/mol. The van der Waals surface area contributed by atoms with Crippen molar-refractivity contribution < 1.29 is 66.9 Å². The fourth-order valence-electron chi connectivity index (χ4n) is 9.71. The van der Waals surface area contributed by atoms with Gasteiger partial charge < -0.3 is 62.2 Å². The molecule has 2 bridgehead atoms. The molecule has 2 saturated heterocycles. The molecule has 17 atom stereocenters. The van der Waals surface area contributed by atoms with Crippen LogP contribution >= 0.6 is 0 Å². The highest BCUT2D eigenvalue weighted by Crippen LogP contribution is 2.37. The number of carbonyl (C=O) groups is 2. The monoisotopic (exact) mass is 938 g/mol. The molecule has 0 aromatic heterocycles. The van der Waals surface area contributed by atoms with Crippen molar-refractivity contribution in [3.05, 3.63) is 48.3 Å². The zero-order valence-corrected chi connectivity index (χ0v) is 42.5. The van der Waals surface area contributed by atoms with E-state index in [9.17, 15) is 19.8 Å². The van der Waals surface area contributed by atoms with Crippen molar-refractivity contribution in [1.29, 1.82) is 0 Å². The second kappa shape index (κ2) is 26.4. The fraction of sp³-hybridized carbons (Fsp3) is 0.796. The smallest absolute Gasteiger partial charge is 0.308 e. The molecule has 0 radical (unpaired) electrons. The largest absolute Gasteiger partial charge is 0.497 e. The summed E-state index contributed by atoms with van der Waals surface area (Å²) in [6.07, 6.45) is 4.51. The van der Waals surface area contributed by atoms with Crippen molar-refractivity contribution in [2.24, 2.45) is 23.7 Å². The van der Waals surface area contributed by atoms with Crippen LogP contribution in [0.15, 0.2) is 48.3 Å². The predicted molar refractivity (Wildman–Crippen MR) is 249 cm³/mol. The van der Waals surface area contributed by atoms with Gasteiger partial charge in [0.05, 0.1) is 68.6 Å². The van der Waals surface area contributed by atoms with Crippen molar-refractivity contribution in [3.8, 4) is 0 Å². The average Bonchev–Trinajstić information content (AvgIpc) is 3.28. The number of ether oxygens (including phenoxy) is 9. The Morgan fingerprint density at radius 3 is 2.12 bits per heavy atom. The highest BCUT2D eigenvalue weighted by Gasteiger charge is 2.50. The van der Waals surface area contributed by atoms with Crippen LogP contribution in [0.5, 0.6) is 0 Å². The summed E-state index contributed by atoms with van der Waals surface area (Å²) in [5, 5.41) is 22.6. The van der Waals surface area contributed by atoms with Crippen molar-refractivity contribution in [2.75, 3.05) is 48.1 Å². The van der Waals surface area contributed by atoms with E-state index in [4.69, 9.17) is 47.1 Å². The maximum atomic E-state index is 14.3. The lowest BCUT2D eigenvalue weighted by atomic mass is 9.81. The van der Waals surface area contributed by atoms with Gasteiger partial charge in [0.2, 0.25) is 0 Å². The van der Waals surface area contributed by atoms with Crippen LogP contribution in [-0.4, -0.2) is 163 Å². The molecule has 0 amide bonds. The van der Waals surface area contributed by atoms with Crippen LogP contribution in [0.3, 0.4) is 0 Å². The van der Waals surface area contributed by atoms with E-state index in [1.54, 1.807) is 58.6 Å². The standard InChI is InChI=1S/C49H83NO14Si/c1-14-38-36(29-59-49-47(56-13)46(55-12)45(34(9)61-49)64-65(15-2,16-3)17-4)26-30(5)20-21-37(51)31(6)27-35-22-25-57-23-18-19-24-58-39(28-40(52)62-38)32(7)44(35)63-48-43(54)41(50(10)11)42(53)33(8)60-48/h18-22,25-26,31-36,38-39,41-49,53-54H,14-17,23-24,27-29H2,1-13H3/b19-18+,21-20+,25-22-,30-26+/t31-,32+,33?,34?,35+,36-,38-,39-,41?,42-,43?,44-,45-,46+,47?,48+,49-/m1/s1. The molecule has 2 fully saturated rings. The van der Waals surface area contributed by atoms with E-state index in [-0.39, 0.29) is 44.2 Å². The van der Waals surface area contributed by atoms with Gasteiger partial charge in [0.25, 0.3) is 0 Å². The third-order valence-corrected chi connectivity index (χ3v) is 18.7. The number of allylic oxidation sites excluding steroid dienone is 3. The summed E-state index contributed by atoms with van der Waals surface area (Å²) < 4.78 is 63.8. The van der Waals surface area contributed by atoms with E-state index in [0.29, 0.717) is 12.8 Å². The third kappa shape index (κ3) is 14.6. The van der Waals surface area contributed by atoms with Crippen molar-refractivity contribution >= 4 is 20.1 Å². The molecule has 5 unspecified atom stereocenters. The number of aliphatic hydroxyl groups excluding tert-OH is 2. The minimum atomic E-state index is -2.04. The number of esters is 1. The molecule has 0 saturated carbocycles. The van der Waals surface area contributed by atoms with E-state index < -0.39 is 105 Å². The van der Waals surface area contributed by atoms with Gasteiger partial charge in [-0.15, -0.1) is 0 Å². The summed E-state index contributed by atoms with van der Waals surface area (Å²) in [7, 11) is 4.80. The normalized spacial score (nSPS) is 40.7. The van der Waals surface area contributed by atoms with Crippen LogP contribution in [0.1, 0.15) is 81.6 Å². The SMILES string of the molecule is CC[C@H]1OC(=O)C[C@H]2OC/C=C/CO/C=C\[C@@H](C[C@@H](C)C(=O)/C=C/C(C)=C/[C@@H]1CO[C@@H]1OC(C)[C@@H](O[Si](CC)(CC)CC)[C@H](OC)C1OC)[C@H](O[C@@H]1OC(C)[C@@H](O)C(N(C)C)C1O)[C@H]2C. The Morgan fingerprint density at radius 1 is 0.831 bits per heavy atom. The number of rotatable bonds is 14. The summed E-state index contributed by atoms with van der Waals surface area (Å²) in [6, 6.07) is 2.26. The molecule has 2 N–H and O–H groups in total. The van der Waals surface area contributed by atoms with Gasteiger partial charge in [-0.3, -0.25) is 9.59 Å². The second-order valence-corrected chi connectivity index (χ2v) is 23.4. The van der Waals surface area contributed by atoms with Gasteiger partial charge in [0.15, 0.2) is 26.7 Å². The van der Waals surface area contributed by atoms with E-state index in [1.165, 1.54) is 0 Å². The Balaban J connectivity index is 1.70. The molecule has 372 valence electrons. The third-order valence-electron chi connectivity index (χ3n) is 14.1. The first kappa shape index (κ1) is 55.3. The quantitative estimate of drug-likeness (QED) is 0.116. The van der Waals surface area contributed by atoms with E-state index in [1.807, 2.05) is 58.9 Å². The minimum absolute atomic E-state index is 0.0896. The average molecular weight is 938 g/mol. The number of carbonyl (C=O) groups excluding carboxylic acids is 2. The van der Waals surface area contributed by atoms with Gasteiger partial charge in [-0.05, 0) is 84.1 Å². The molecule has 16 heteroatoms. The molecule has 0 aliphatic carbocycles. The molecule has 4 aliphatic heterocycles. The molecule has 0 spiro atoms. The van der Waals surface area contributed by atoms with Crippen LogP contribution in [0.25, 0.3) is 0 Å². The van der Waals surface area contributed by atoms with E-state index >= 15 is 0 Å². The molecule has 4 aliphatic rings. The van der Waals surface area contributed by atoms with Crippen LogP contribution < -0.4 is 0 Å². The zero-order valence-electron chi connectivity index (χ0n) is 41.5. The molecule has 0 aromatic carbocycles. The molecule has 4 rings (SSSR count). The Bertz CT molecular complexity index is 1580. The maximum absolute atomic E-state index is 14.3. The first-order chi connectivity index (χ1) is 31.0. The first-order valence-corrected chi connectivity index (χ1v) is 26.5. The second-order valence-electron chi connectivity index (χ2n) is 18.6. The van der Waals surface area contributed by atoms with Gasteiger partial charge in [0.1, 0.15) is 31.0 Å². The van der Waals surface area contributed by atoms with Crippen molar-refractivity contribution in [3.63, 3.8) is 0 Å². The van der Waals surface area contributed by atoms with Crippen molar-refractivity contribution in [1.82, 2.24) is 4.90 Å². The summed E-state index contributed by atoms with van der Waals surface area (Å²) in [4.78, 5) is 30.0. The summed E-state index contributed by atoms with van der Waals surface area (Å²) in [6.45, 7) is 18.5. The number of ketones is 1. The molecule has 0 aromatic rings. The molecule has 65 heavy (non-hydrogen) atoms. The van der Waals surface area contributed by atoms with Crippen LogP contribution in [0.2, 0.25) is 18.1 Å². The molecule has 15 nitrogen and oxygen atoms in total. The number of aliphatic hydroxyl groups is 2. The lowest BCUT2D eigenvalue weighted by Crippen LogP contribution is -2.63. The van der Waals surface area contributed by atoms with E-state index in [0.717, 1.165) is 23.7 Å². The predicted octanol–water partition coefficient (Wildman–Crippen LogP) is 6.13. The Kier molecular flexibility index (Phi) is 22.5. The number of hydrogen-bond acceptors (Lipinski definition) is 15. The van der Waals surface area contributed by atoms with Crippen molar-refractivity contribution in [2.45, 2.75) is 179 Å². The number of hydrogen-bond donors (Lipinski definition) is 2. The Hall–Kier alpha value is -2.32. The highest BCUT2D eigenvalue weighted by molar-refractivity contribution is 6.73. The van der Waals surface area contributed by atoms with Gasteiger partial charge in [0, 0.05) is 37.9 Å². The first-order valence-electron chi connectivity index (χ1n) is 24.0. The summed E-state index contributed by atoms with van der Waals surface area (Å²) in [5.41, 5.74) is 0.787. The van der Waals surface area contributed by atoms with E-state index in [2.05, 4.69) is 20.8 Å². The van der Waals surface area contributed by atoms with Crippen LogP contribution in [-0.2, 0) is 56.6 Å². The topological polar surface area (TPSA) is 170 Å². The number of methoxy groups -OCH3 is 2. The Morgan fingerprint density at radius 2 is 1.49 bits per heavy atom. The van der Waals surface area contributed by atoms with Gasteiger partial charge in [-0.25, -0.2) is 0 Å². The minimum Gasteiger partial charge on any atom is -0.497 e. The fourth-order valence-corrected chi connectivity index (χ4v) is 12.6. The Labute approximate surface area is 390 Å². The number of fused-ring (bicyclic) bond motifs is 3. The number of nitrogens with zero attached hydrogens (tertiary/aromatic N) is 1. The zero-order chi connectivity index (χ0) is 48.0. The lowest BCUT2D eigenvalue weighted by Gasteiger charge is -2.47. The van der Waals surface area contributed by atoms with Gasteiger partial charge in [-0.1, -0.05) is 65.3 Å². The van der Waals surface area contributed by atoms with Crippen LogP contribution in [0.4, 0.5) is 0 Å². The van der Waals surface area contributed by atoms with Gasteiger partial charge in [-0.2, -0.15) is 0 Å². The summed E-state index contributed by atoms with van der Waals surface area (Å²) in [5.74, 6) is -2.44.